The highest BCUT2D eigenvalue weighted by atomic mass is 16.2. The van der Waals surface area contributed by atoms with E-state index < -0.39 is 5.54 Å². The minimum Gasteiger partial charge on any atom is -0.354 e. The van der Waals surface area contributed by atoms with Gasteiger partial charge in [-0.05, 0) is 39.2 Å². The highest BCUT2D eigenvalue weighted by molar-refractivity contribution is 5.85. The molecule has 0 aliphatic heterocycles. The van der Waals surface area contributed by atoms with E-state index in [4.69, 9.17) is 0 Å². The number of carbonyl (C=O) groups excluding carboxylic acids is 1. The van der Waals surface area contributed by atoms with Crippen LogP contribution in [0.4, 0.5) is 0 Å². The van der Waals surface area contributed by atoms with E-state index in [1.165, 1.54) is 32.1 Å². The molecule has 0 atom stereocenters. The van der Waals surface area contributed by atoms with E-state index >= 15 is 0 Å². The number of likely N-dealkylation sites (N-methyl/N-ethyl adjacent to an activating group) is 1. The fourth-order valence-corrected chi connectivity index (χ4v) is 2.21. The smallest absolute Gasteiger partial charge is 0.239 e. The topological polar surface area (TPSA) is 41.1 Å². The molecule has 0 aromatic rings. The molecular weight excluding hydrogens is 200 g/mol. The molecule has 2 N–H and O–H groups in total. The predicted octanol–water partition coefficient (Wildman–Crippen LogP) is 2.07. The van der Waals surface area contributed by atoms with Crippen molar-refractivity contribution in [2.45, 2.75) is 58.4 Å². The summed E-state index contributed by atoms with van der Waals surface area (Å²) in [4.78, 5) is 11.9. The lowest BCUT2D eigenvalue weighted by Gasteiger charge is -2.35. The molecular formula is C13H26N2O. The second-order valence-corrected chi connectivity index (χ2v) is 5.93. The van der Waals surface area contributed by atoms with Gasteiger partial charge in [0.25, 0.3) is 0 Å². The van der Waals surface area contributed by atoms with Gasteiger partial charge < -0.3 is 10.6 Å². The van der Waals surface area contributed by atoms with E-state index in [1.54, 1.807) is 0 Å². The highest BCUT2D eigenvalue weighted by Crippen LogP contribution is 2.34. The van der Waals surface area contributed by atoms with E-state index in [9.17, 15) is 4.79 Å². The molecule has 0 bridgehead atoms. The van der Waals surface area contributed by atoms with Crippen LogP contribution in [0.5, 0.6) is 0 Å². The van der Waals surface area contributed by atoms with Gasteiger partial charge in [-0.15, -0.1) is 0 Å². The normalized spacial score (nSPS) is 20.5. The summed E-state index contributed by atoms with van der Waals surface area (Å²) in [6, 6.07) is 0. The molecule has 0 unspecified atom stereocenters. The lowest BCUT2D eigenvalue weighted by molar-refractivity contribution is -0.126. The Morgan fingerprint density at radius 1 is 1.25 bits per heavy atom. The summed E-state index contributed by atoms with van der Waals surface area (Å²) < 4.78 is 0. The Balaban J connectivity index is 2.41. The fourth-order valence-electron chi connectivity index (χ4n) is 2.21. The van der Waals surface area contributed by atoms with Gasteiger partial charge in [0.15, 0.2) is 0 Å². The Hall–Kier alpha value is -0.570. The van der Waals surface area contributed by atoms with Crippen molar-refractivity contribution in [2.75, 3.05) is 13.6 Å². The average Bonchev–Trinajstić information content (AvgIpc) is 2.27. The average molecular weight is 226 g/mol. The Kier molecular flexibility index (Phi) is 4.36. The van der Waals surface area contributed by atoms with Crippen LogP contribution in [0.25, 0.3) is 0 Å². The first-order valence-corrected chi connectivity index (χ1v) is 6.37. The quantitative estimate of drug-likeness (QED) is 0.770. The second-order valence-electron chi connectivity index (χ2n) is 5.93. The van der Waals surface area contributed by atoms with Gasteiger partial charge in [0.1, 0.15) is 0 Å². The van der Waals surface area contributed by atoms with Gasteiger partial charge in [-0.1, -0.05) is 26.2 Å². The predicted molar refractivity (Wildman–Crippen MR) is 67.3 cm³/mol. The zero-order chi connectivity index (χ0) is 12.2. The Morgan fingerprint density at radius 2 is 1.81 bits per heavy atom. The van der Waals surface area contributed by atoms with Crippen molar-refractivity contribution in [1.82, 2.24) is 10.6 Å². The largest absolute Gasteiger partial charge is 0.354 e. The molecule has 94 valence electrons. The van der Waals surface area contributed by atoms with Crippen LogP contribution >= 0.6 is 0 Å². The monoisotopic (exact) mass is 226 g/mol. The first-order valence-electron chi connectivity index (χ1n) is 6.37. The minimum atomic E-state index is -0.467. The van der Waals surface area contributed by atoms with E-state index in [2.05, 4.69) is 17.6 Å². The standard InChI is InChI=1S/C13H26N2O/c1-12(2,14-4)11(16)15-10-13(3)8-6-5-7-9-13/h14H,5-10H2,1-4H3,(H,15,16). The van der Waals surface area contributed by atoms with Crippen LogP contribution < -0.4 is 10.6 Å². The third kappa shape index (κ3) is 3.48. The summed E-state index contributed by atoms with van der Waals surface area (Å²) in [5, 5.41) is 6.11. The van der Waals surface area contributed by atoms with Gasteiger partial charge in [0.05, 0.1) is 5.54 Å². The van der Waals surface area contributed by atoms with Crippen molar-refractivity contribution in [3.63, 3.8) is 0 Å². The maximum atomic E-state index is 11.9. The summed E-state index contributed by atoms with van der Waals surface area (Å²) in [7, 11) is 1.82. The molecule has 0 spiro atoms. The lowest BCUT2D eigenvalue weighted by atomic mass is 9.75. The fraction of sp³-hybridized carbons (Fsp3) is 0.923. The number of carbonyl (C=O) groups is 1. The molecule has 16 heavy (non-hydrogen) atoms. The van der Waals surface area contributed by atoms with Crippen molar-refractivity contribution in [3.8, 4) is 0 Å². The van der Waals surface area contributed by atoms with Crippen LogP contribution in [-0.2, 0) is 4.79 Å². The third-order valence-electron chi connectivity index (χ3n) is 3.93. The van der Waals surface area contributed by atoms with Crippen molar-refractivity contribution in [1.29, 1.82) is 0 Å². The molecule has 1 rings (SSSR count). The minimum absolute atomic E-state index is 0.0989. The molecule has 0 aromatic heterocycles. The molecule has 1 aliphatic rings. The maximum absolute atomic E-state index is 11.9. The molecule has 1 amide bonds. The van der Waals surface area contributed by atoms with Crippen LogP contribution in [0.1, 0.15) is 52.9 Å². The molecule has 3 nitrogen and oxygen atoms in total. The molecule has 0 aromatic carbocycles. The van der Waals surface area contributed by atoms with Crippen LogP contribution in [0.3, 0.4) is 0 Å². The first kappa shape index (κ1) is 13.5. The second kappa shape index (κ2) is 5.17. The Bertz CT molecular complexity index is 242. The van der Waals surface area contributed by atoms with Crippen molar-refractivity contribution in [2.24, 2.45) is 5.41 Å². The number of amides is 1. The number of hydrogen-bond donors (Lipinski definition) is 2. The lowest BCUT2D eigenvalue weighted by Crippen LogP contribution is -2.53. The van der Waals surface area contributed by atoms with E-state index in [0.717, 1.165) is 6.54 Å². The molecule has 1 aliphatic carbocycles. The third-order valence-corrected chi connectivity index (χ3v) is 3.93. The SMILES string of the molecule is CNC(C)(C)C(=O)NCC1(C)CCCCC1. The van der Waals surface area contributed by atoms with E-state index in [0.29, 0.717) is 5.41 Å². The Labute approximate surface area is 99.4 Å². The van der Waals surface area contributed by atoms with Crippen molar-refractivity contribution < 1.29 is 4.79 Å². The van der Waals surface area contributed by atoms with Gasteiger partial charge in [-0.3, -0.25) is 4.79 Å². The van der Waals surface area contributed by atoms with Crippen molar-refractivity contribution >= 4 is 5.91 Å². The number of rotatable bonds is 4. The molecule has 0 heterocycles. The summed E-state index contributed by atoms with van der Waals surface area (Å²) in [6.07, 6.45) is 6.45. The zero-order valence-electron chi connectivity index (χ0n) is 11.2. The molecule has 0 saturated heterocycles. The number of hydrogen-bond acceptors (Lipinski definition) is 2. The summed E-state index contributed by atoms with van der Waals surface area (Å²) in [5.41, 5.74) is -0.150. The summed E-state index contributed by atoms with van der Waals surface area (Å²) in [6.45, 7) is 6.92. The molecule has 1 saturated carbocycles. The zero-order valence-corrected chi connectivity index (χ0v) is 11.2. The van der Waals surface area contributed by atoms with Crippen LogP contribution in [0, 0.1) is 5.41 Å². The molecule has 1 fully saturated rings. The number of nitrogens with one attached hydrogen (secondary N) is 2. The van der Waals surface area contributed by atoms with Gasteiger partial charge >= 0.3 is 0 Å². The summed E-state index contributed by atoms with van der Waals surface area (Å²) in [5.74, 6) is 0.0989. The van der Waals surface area contributed by atoms with Gasteiger partial charge in [-0.25, -0.2) is 0 Å². The van der Waals surface area contributed by atoms with Gasteiger partial charge in [0.2, 0.25) is 5.91 Å². The molecule has 3 heteroatoms. The van der Waals surface area contributed by atoms with E-state index in [-0.39, 0.29) is 5.91 Å². The van der Waals surface area contributed by atoms with Gasteiger partial charge in [-0.2, -0.15) is 0 Å². The highest BCUT2D eigenvalue weighted by Gasteiger charge is 2.30. The van der Waals surface area contributed by atoms with Crippen molar-refractivity contribution in [3.05, 3.63) is 0 Å². The van der Waals surface area contributed by atoms with Gasteiger partial charge in [0, 0.05) is 6.54 Å². The van der Waals surface area contributed by atoms with Crippen LogP contribution in [0.15, 0.2) is 0 Å². The van der Waals surface area contributed by atoms with Crippen LogP contribution in [-0.4, -0.2) is 25.0 Å². The first-order chi connectivity index (χ1) is 7.40. The summed E-state index contributed by atoms with van der Waals surface area (Å²) >= 11 is 0. The Morgan fingerprint density at radius 3 is 2.31 bits per heavy atom. The molecule has 0 radical (unpaired) electrons. The van der Waals surface area contributed by atoms with Crippen LogP contribution in [0.2, 0.25) is 0 Å². The van der Waals surface area contributed by atoms with E-state index in [1.807, 2.05) is 20.9 Å². The maximum Gasteiger partial charge on any atom is 0.239 e.